The first-order valence-corrected chi connectivity index (χ1v) is 6.67. The van der Waals surface area contributed by atoms with Crippen LogP contribution in [0.25, 0.3) is 0 Å². The lowest BCUT2D eigenvalue weighted by atomic mass is 10.1. The van der Waals surface area contributed by atoms with Crippen molar-refractivity contribution >= 4 is 5.91 Å². The Kier molecular flexibility index (Phi) is 3.22. The van der Waals surface area contributed by atoms with E-state index < -0.39 is 0 Å². The summed E-state index contributed by atoms with van der Waals surface area (Å²) in [5.74, 6) is -0.121. The Morgan fingerprint density at radius 2 is 2.05 bits per heavy atom. The second-order valence-electron chi connectivity index (χ2n) is 4.96. The van der Waals surface area contributed by atoms with Crippen LogP contribution >= 0.6 is 0 Å². The lowest BCUT2D eigenvalue weighted by Gasteiger charge is -2.14. The molecule has 2 aromatic carbocycles. The van der Waals surface area contributed by atoms with Crippen LogP contribution in [0.5, 0.6) is 0 Å². The molecule has 0 aliphatic heterocycles. The number of nitrogens with zero attached hydrogens (tertiary/aromatic N) is 1. The Morgan fingerprint density at radius 1 is 1.20 bits per heavy atom. The molecule has 0 aromatic heterocycles. The molecule has 1 aliphatic carbocycles. The van der Waals surface area contributed by atoms with Gasteiger partial charge in [-0.15, -0.1) is 0 Å². The van der Waals surface area contributed by atoms with Crippen molar-refractivity contribution in [1.82, 2.24) is 5.32 Å². The molecule has 1 amide bonds. The standard InChI is InChI=1S/C17H14N2O/c18-11-12-4-3-6-14(10-12)17(20)19-16-9-8-13-5-1-2-7-15(13)16/h1-7,10,16H,8-9H2,(H,19,20)/t16-/m1/s1. The third-order valence-electron chi connectivity index (χ3n) is 3.69. The molecule has 0 spiro atoms. The summed E-state index contributed by atoms with van der Waals surface area (Å²) in [6.45, 7) is 0. The summed E-state index contributed by atoms with van der Waals surface area (Å²) < 4.78 is 0. The van der Waals surface area contributed by atoms with Gasteiger partial charge in [0, 0.05) is 5.56 Å². The van der Waals surface area contributed by atoms with Gasteiger partial charge in [0.05, 0.1) is 17.7 Å². The van der Waals surface area contributed by atoms with Crippen LogP contribution in [0.3, 0.4) is 0 Å². The van der Waals surface area contributed by atoms with E-state index in [0.717, 1.165) is 12.8 Å². The average molecular weight is 262 g/mol. The molecular weight excluding hydrogens is 248 g/mol. The Hall–Kier alpha value is -2.60. The van der Waals surface area contributed by atoms with Gasteiger partial charge >= 0.3 is 0 Å². The lowest BCUT2D eigenvalue weighted by Crippen LogP contribution is -2.27. The van der Waals surface area contributed by atoms with Crippen LogP contribution in [0.15, 0.2) is 48.5 Å². The zero-order valence-corrected chi connectivity index (χ0v) is 11.0. The summed E-state index contributed by atoms with van der Waals surface area (Å²) in [5.41, 5.74) is 3.55. The van der Waals surface area contributed by atoms with Crippen LogP contribution in [0.1, 0.15) is 39.5 Å². The zero-order chi connectivity index (χ0) is 13.9. The van der Waals surface area contributed by atoms with Crippen LogP contribution in [0.4, 0.5) is 0 Å². The number of nitriles is 1. The molecule has 0 bridgehead atoms. The van der Waals surface area contributed by atoms with E-state index in [2.05, 4.69) is 23.5 Å². The second kappa shape index (κ2) is 5.18. The molecule has 3 rings (SSSR count). The number of hydrogen-bond donors (Lipinski definition) is 1. The van der Waals surface area contributed by atoms with Gasteiger partial charge in [0.25, 0.3) is 5.91 Å². The molecule has 1 aliphatic rings. The smallest absolute Gasteiger partial charge is 0.251 e. The Labute approximate surface area is 117 Å². The molecule has 0 radical (unpaired) electrons. The van der Waals surface area contributed by atoms with E-state index in [9.17, 15) is 4.79 Å². The van der Waals surface area contributed by atoms with Crippen LogP contribution in [-0.4, -0.2) is 5.91 Å². The molecule has 0 fully saturated rings. The third kappa shape index (κ3) is 2.28. The highest BCUT2D eigenvalue weighted by molar-refractivity contribution is 5.94. The number of hydrogen-bond acceptors (Lipinski definition) is 2. The number of rotatable bonds is 2. The predicted molar refractivity (Wildman–Crippen MR) is 76.1 cm³/mol. The molecule has 0 saturated heterocycles. The first-order valence-electron chi connectivity index (χ1n) is 6.67. The topological polar surface area (TPSA) is 52.9 Å². The summed E-state index contributed by atoms with van der Waals surface area (Å²) in [4.78, 5) is 12.3. The minimum Gasteiger partial charge on any atom is -0.345 e. The lowest BCUT2D eigenvalue weighted by molar-refractivity contribution is 0.0936. The van der Waals surface area contributed by atoms with Crippen molar-refractivity contribution in [3.8, 4) is 6.07 Å². The molecule has 1 N–H and O–H groups in total. The summed E-state index contributed by atoms with van der Waals surface area (Å²) in [5, 5.41) is 11.9. The van der Waals surface area contributed by atoms with Crippen molar-refractivity contribution in [3.63, 3.8) is 0 Å². The van der Waals surface area contributed by atoms with Gasteiger partial charge in [0.15, 0.2) is 0 Å². The molecule has 98 valence electrons. The normalized spacial score (nSPS) is 16.2. The van der Waals surface area contributed by atoms with E-state index in [-0.39, 0.29) is 11.9 Å². The number of nitrogens with one attached hydrogen (secondary N) is 1. The number of benzene rings is 2. The third-order valence-corrected chi connectivity index (χ3v) is 3.69. The highest BCUT2D eigenvalue weighted by Gasteiger charge is 2.23. The Morgan fingerprint density at radius 3 is 2.90 bits per heavy atom. The number of fused-ring (bicyclic) bond motifs is 1. The molecule has 3 nitrogen and oxygen atoms in total. The van der Waals surface area contributed by atoms with Gasteiger partial charge in [-0.05, 0) is 42.2 Å². The second-order valence-corrected chi connectivity index (χ2v) is 4.96. The minimum atomic E-state index is -0.121. The van der Waals surface area contributed by atoms with Crippen LogP contribution < -0.4 is 5.32 Å². The maximum atomic E-state index is 12.3. The van der Waals surface area contributed by atoms with E-state index >= 15 is 0 Å². The summed E-state index contributed by atoms with van der Waals surface area (Å²) >= 11 is 0. The van der Waals surface area contributed by atoms with E-state index in [1.54, 1.807) is 24.3 Å². The zero-order valence-electron chi connectivity index (χ0n) is 11.0. The summed E-state index contributed by atoms with van der Waals surface area (Å²) in [6.07, 6.45) is 1.93. The van der Waals surface area contributed by atoms with Crippen LogP contribution in [0, 0.1) is 11.3 Å². The van der Waals surface area contributed by atoms with Gasteiger partial charge < -0.3 is 5.32 Å². The SMILES string of the molecule is N#Cc1cccc(C(=O)N[C@@H]2CCc3ccccc32)c1. The summed E-state index contributed by atoms with van der Waals surface area (Å²) in [6, 6.07) is 17.1. The highest BCUT2D eigenvalue weighted by atomic mass is 16.1. The number of amides is 1. The molecule has 3 heteroatoms. The monoisotopic (exact) mass is 262 g/mol. The molecule has 0 unspecified atom stereocenters. The van der Waals surface area contributed by atoms with Gasteiger partial charge in [-0.25, -0.2) is 0 Å². The van der Waals surface area contributed by atoms with Gasteiger partial charge in [-0.3, -0.25) is 4.79 Å². The molecule has 1 atom stereocenters. The Bertz CT molecular complexity index is 700. The fourth-order valence-corrected chi connectivity index (χ4v) is 2.68. The van der Waals surface area contributed by atoms with Crippen LogP contribution in [-0.2, 0) is 6.42 Å². The maximum Gasteiger partial charge on any atom is 0.251 e. The van der Waals surface area contributed by atoms with Crippen molar-refractivity contribution < 1.29 is 4.79 Å². The quantitative estimate of drug-likeness (QED) is 0.904. The van der Waals surface area contributed by atoms with Crippen molar-refractivity contribution in [2.45, 2.75) is 18.9 Å². The van der Waals surface area contributed by atoms with E-state index in [0.29, 0.717) is 11.1 Å². The van der Waals surface area contributed by atoms with Gasteiger partial charge in [0.2, 0.25) is 0 Å². The molecule has 2 aromatic rings. The fraction of sp³-hybridized carbons (Fsp3) is 0.176. The molecular formula is C17H14N2O. The van der Waals surface area contributed by atoms with E-state index in [4.69, 9.17) is 5.26 Å². The van der Waals surface area contributed by atoms with E-state index in [1.165, 1.54) is 11.1 Å². The first kappa shape index (κ1) is 12.4. The number of carbonyl (C=O) groups is 1. The van der Waals surface area contributed by atoms with Crippen molar-refractivity contribution in [2.75, 3.05) is 0 Å². The van der Waals surface area contributed by atoms with E-state index in [1.807, 2.05) is 12.1 Å². The highest BCUT2D eigenvalue weighted by Crippen LogP contribution is 2.30. The molecule has 0 heterocycles. The number of aryl methyl sites for hydroxylation is 1. The average Bonchev–Trinajstić information content (AvgIpc) is 2.90. The number of carbonyl (C=O) groups excluding carboxylic acids is 1. The van der Waals surface area contributed by atoms with Crippen molar-refractivity contribution in [3.05, 3.63) is 70.8 Å². The summed E-state index contributed by atoms with van der Waals surface area (Å²) in [7, 11) is 0. The van der Waals surface area contributed by atoms with Crippen molar-refractivity contribution in [2.24, 2.45) is 0 Å². The predicted octanol–water partition coefficient (Wildman–Crippen LogP) is 2.98. The fourth-order valence-electron chi connectivity index (χ4n) is 2.68. The largest absolute Gasteiger partial charge is 0.345 e. The first-order chi connectivity index (χ1) is 9.78. The maximum absolute atomic E-state index is 12.3. The van der Waals surface area contributed by atoms with Gasteiger partial charge in [-0.1, -0.05) is 30.3 Å². The molecule has 20 heavy (non-hydrogen) atoms. The Balaban J connectivity index is 1.79. The van der Waals surface area contributed by atoms with Crippen molar-refractivity contribution in [1.29, 1.82) is 5.26 Å². The van der Waals surface area contributed by atoms with Gasteiger partial charge in [0.1, 0.15) is 0 Å². The minimum absolute atomic E-state index is 0.0736. The van der Waals surface area contributed by atoms with Crippen LogP contribution in [0.2, 0.25) is 0 Å². The molecule has 0 saturated carbocycles. The van der Waals surface area contributed by atoms with Gasteiger partial charge in [-0.2, -0.15) is 5.26 Å².